The Kier molecular flexibility index (Phi) is 2.69. The maximum Gasteiger partial charge on any atom is 0.0827 e. The lowest BCUT2D eigenvalue weighted by molar-refractivity contribution is 0.316. The lowest BCUT2D eigenvalue weighted by Gasteiger charge is -2.21. The van der Waals surface area contributed by atoms with Crippen molar-refractivity contribution in [2.45, 2.75) is 26.7 Å². The molecule has 1 aliphatic carbocycles. The van der Waals surface area contributed by atoms with Gasteiger partial charge in [-0.3, -0.25) is 0 Å². The van der Waals surface area contributed by atoms with Crippen molar-refractivity contribution in [1.82, 2.24) is 0 Å². The number of hydrogen-bond donors (Lipinski definition) is 1. The van der Waals surface area contributed by atoms with Crippen molar-refractivity contribution in [3.8, 4) is 0 Å². The number of rotatable bonds is 1. The third-order valence-electron chi connectivity index (χ3n) is 2.42. The number of nitrogens with zero attached hydrogens (tertiary/aromatic N) is 1. The fourth-order valence-electron chi connectivity index (χ4n) is 1.41. The Morgan fingerprint density at radius 3 is 2.92 bits per heavy atom. The highest BCUT2D eigenvalue weighted by Gasteiger charge is 2.18. The molecule has 0 saturated carbocycles. The molecule has 1 atom stereocenters. The molecule has 1 N–H and O–H groups in total. The van der Waals surface area contributed by atoms with Crippen molar-refractivity contribution in [3.63, 3.8) is 0 Å². The summed E-state index contributed by atoms with van der Waals surface area (Å²) in [6.45, 7) is 7.90. The van der Waals surface area contributed by atoms with Crippen molar-refractivity contribution < 1.29 is 5.21 Å². The van der Waals surface area contributed by atoms with E-state index >= 15 is 0 Å². The summed E-state index contributed by atoms with van der Waals surface area (Å²) < 4.78 is 0. The van der Waals surface area contributed by atoms with Crippen LogP contribution in [0.3, 0.4) is 0 Å². The first-order valence-electron chi connectivity index (χ1n) is 4.18. The molecule has 66 valence electrons. The topological polar surface area (TPSA) is 32.6 Å². The molecular formula is C10H15NO. The maximum atomic E-state index is 8.68. The highest BCUT2D eigenvalue weighted by Crippen LogP contribution is 2.26. The van der Waals surface area contributed by atoms with Gasteiger partial charge >= 0.3 is 0 Å². The summed E-state index contributed by atoms with van der Waals surface area (Å²) >= 11 is 0. The molecule has 2 nitrogen and oxygen atoms in total. The summed E-state index contributed by atoms with van der Waals surface area (Å²) in [6.07, 6.45) is 3.96. The number of oxime groups is 1. The predicted octanol–water partition coefficient (Wildman–Crippen LogP) is 2.75. The first kappa shape index (κ1) is 9.04. The molecule has 0 fully saturated rings. The highest BCUT2D eigenvalue weighted by molar-refractivity contribution is 6.00. The van der Waals surface area contributed by atoms with E-state index in [0.717, 1.165) is 24.1 Å². The third-order valence-corrected chi connectivity index (χ3v) is 2.42. The second kappa shape index (κ2) is 3.57. The molecule has 1 aliphatic rings. The normalized spacial score (nSPS) is 27.0. The van der Waals surface area contributed by atoms with E-state index in [1.54, 1.807) is 0 Å². The van der Waals surface area contributed by atoms with Gasteiger partial charge in [-0.2, -0.15) is 0 Å². The van der Waals surface area contributed by atoms with Crippen LogP contribution in [0.1, 0.15) is 26.7 Å². The van der Waals surface area contributed by atoms with E-state index in [2.05, 4.69) is 17.8 Å². The molecule has 12 heavy (non-hydrogen) atoms. The average molecular weight is 165 g/mol. The van der Waals surface area contributed by atoms with Crippen LogP contribution >= 0.6 is 0 Å². The Labute approximate surface area is 73.3 Å². The maximum absolute atomic E-state index is 8.68. The molecule has 0 bridgehead atoms. The SMILES string of the molecule is C=C(C)C1CC=C(C)C(=NO)C1. The average Bonchev–Trinajstić information content (AvgIpc) is 2.05. The van der Waals surface area contributed by atoms with Crippen molar-refractivity contribution >= 4 is 5.71 Å². The summed E-state index contributed by atoms with van der Waals surface area (Å²) in [5, 5.41) is 11.9. The van der Waals surface area contributed by atoms with E-state index in [-0.39, 0.29) is 0 Å². The van der Waals surface area contributed by atoms with Gasteiger partial charge in [0.2, 0.25) is 0 Å². The first-order chi connectivity index (χ1) is 5.65. The van der Waals surface area contributed by atoms with E-state index in [0.29, 0.717) is 5.92 Å². The van der Waals surface area contributed by atoms with Gasteiger partial charge < -0.3 is 5.21 Å². The predicted molar refractivity (Wildman–Crippen MR) is 50.5 cm³/mol. The minimum Gasteiger partial charge on any atom is -0.411 e. The molecule has 0 saturated heterocycles. The van der Waals surface area contributed by atoms with Gasteiger partial charge in [0, 0.05) is 6.42 Å². The molecule has 2 heteroatoms. The van der Waals surface area contributed by atoms with Crippen LogP contribution in [-0.2, 0) is 0 Å². The summed E-state index contributed by atoms with van der Waals surface area (Å²) in [5.74, 6) is 0.458. The quantitative estimate of drug-likeness (QED) is 0.361. The monoisotopic (exact) mass is 165 g/mol. The molecule has 0 aromatic rings. The second-order valence-electron chi connectivity index (χ2n) is 3.42. The number of allylic oxidation sites excluding steroid dienone is 3. The minimum absolute atomic E-state index is 0.458. The fraction of sp³-hybridized carbons (Fsp3) is 0.500. The zero-order chi connectivity index (χ0) is 9.14. The second-order valence-corrected chi connectivity index (χ2v) is 3.42. The number of hydrogen-bond acceptors (Lipinski definition) is 2. The van der Waals surface area contributed by atoms with Gasteiger partial charge in [0.1, 0.15) is 0 Å². The molecule has 0 aromatic carbocycles. The fourth-order valence-corrected chi connectivity index (χ4v) is 1.41. The third kappa shape index (κ3) is 1.76. The highest BCUT2D eigenvalue weighted by atomic mass is 16.4. The van der Waals surface area contributed by atoms with E-state index < -0.39 is 0 Å². The Hall–Kier alpha value is -1.05. The van der Waals surface area contributed by atoms with E-state index in [1.807, 2.05) is 13.8 Å². The van der Waals surface area contributed by atoms with Crippen LogP contribution in [0.2, 0.25) is 0 Å². The standard InChI is InChI=1S/C10H15NO/c1-7(2)9-5-4-8(3)10(6-9)11-12/h4,9,12H,1,5-6H2,2-3H3. The van der Waals surface area contributed by atoms with Gasteiger partial charge in [-0.1, -0.05) is 23.4 Å². The van der Waals surface area contributed by atoms with Crippen LogP contribution in [0.25, 0.3) is 0 Å². The first-order valence-corrected chi connectivity index (χ1v) is 4.18. The lowest BCUT2D eigenvalue weighted by atomic mass is 9.85. The van der Waals surface area contributed by atoms with Gasteiger partial charge in [0.15, 0.2) is 0 Å². The smallest absolute Gasteiger partial charge is 0.0827 e. The zero-order valence-electron chi connectivity index (χ0n) is 7.67. The molecule has 0 heterocycles. The Morgan fingerprint density at radius 2 is 2.42 bits per heavy atom. The minimum atomic E-state index is 0.458. The van der Waals surface area contributed by atoms with Crippen LogP contribution in [0.5, 0.6) is 0 Å². The molecule has 0 aromatic heterocycles. The van der Waals surface area contributed by atoms with E-state index in [1.165, 1.54) is 5.57 Å². The summed E-state index contributed by atoms with van der Waals surface area (Å²) in [5.41, 5.74) is 3.06. The molecule has 0 aliphatic heterocycles. The molecule has 0 amide bonds. The van der Waals surface area contributed by atoms with Crippen molar-refractivity contribution in [2.75, 3.05) is 0 Å². The summed E-state index contributed by atoms with van der Waals surface area (Å²) in [4.78, 5) is 0. The molecular weight excluding hydrogens is 150 g/mol. The van der Waals surface area contributed by atoms with Gasteiger partial charge in [0.05, 0.1) is 5.71 Å². The van der Waals surface area contributed by atoms with Crippen LogP contribution in [0.4, 0.5) is 0 Å². The van der Waals surface area contributed by atoms with Gasteiger partial charge in [-0.15, -0.1) is 0 Å². The van der Waals surface area contributed by atoms with Crippen molar-refractivity contribution in [1.29, 1.82) is 0 Å². The largest absolute Gasteiger partial charge is 0.411 e. The summed E-state index contributed by atoms with van der Waals surface area (Å²) in [6, 6.07) is 0. The molecule has 1 unspecified atom stereocenters. The molecule has 1 rings (SSSR count). The van der Waals surface area contributed by atoms with Gasteiger partial charge in [-0.05, 0) is 31.8 Å². The Balaban J connectivity index is 2.78. The molecule has 0 spiro atoms. The van der Waals surface area contributed by atoms with Crippen LogP contribution in [0, 0.1) is 5.92 Å². The van der Waals surface area contributed by atoms with Gasteiger partial charge in [0.25, 0.3) is 0 Å². The Morgan fingerprint density at radius 1 is 1.75 bits per heavy atom. The lowest BCUT2D eigenvalue weighted by Crippen LogP contribution is -2.15. The molecule has 0 radical (unpaired) electrons. The van der Waals surface area contributed by atoms with Crippen molar-refractivity contribution in [3.05, 3.63) is 23.8 Å². The Bertz CT molecular complexity index is 251. The zero-order valence-corrected chi connectivity index (χ0v) is 7.67. The van der Waals surface area contributed by atoms with Crippen molar-refractivity contribution in [2.24, 2.45) is 11.1 Å². The van der Waals surface area contributed by atoms with Crippen LogP contribution in [0.15, 0.2) is 29.0 Å². The van der Waals surface area contributed by atoms with Gasteiger partial charge in [-0.25, -0.2) is 0 Å². The van der Waals surface area contributed by atoms with E-state index in [4.69, 9.17) is 5.21 Å². The van der Waals surface area contributed by atoms with Crippen LogP contribution in [-0.4, -0.2) is 10.9 Å². The van der Waals surface area contributed by atoms with Crippen LogP contribution < -0.4 is 0 Å². The summed E-state index contributed by atoms with van der Waals surface area (Å²) in [7, 11) is 0. The van der Waals surface area contributed by atoms with E-state index in [9.17, 15) is 0 Å².